The number of nitrogens with one attached hydrogen (secondary N) is 2. The number of carbonyl (C=O) groups excluding carboxylic acids is 3. The third-order valence-electron chi connectivity index (χ3n) is 7.36. The van der Waals surface area contributed by atoms with E-state index >= 15 is 0 Å². The van der Waals surface area contributed by atoms with Gasteiger partial charge in [0.15, 0.2) is 0 Å². The molecule has 2 N–H and O–H groups in total. The number of carbonyl (C=O) groups is 3. The highest BCUT2D eigenvalue weighted by molar-refractivity contribution is 5.97. The van der Waals surface area contributed by atoms with Crippen molar-refractivity contribution >= 4 is 17.8 Å². The van der Waals surface area contributed by atoms with Crippen LogP contribution in [0.4, 0.5) is 0 Å². The molecule has 2 amide bonds. The standard InChI is InChI=1S/C39H36N2O5/c42-37(32-17-9-3-10-18-32)40-34(25-29-13-5-1-6-14-29)28-46-39(44)36(41-38(43)33-19-11-4-12-20-33)26-30-21-23-35(24-22-30)45-27-31-15-7-2-8-16-31/h1-24,34,36H,25-28H2,(H,40,42)(H,41,43)/t34-,36-/m1/s1. The van der Waals surface area contributed by atoms with Crippen molar-refractivity contribution in [2.45, 2.75) is 31.5 Å². The van der Waals surface area contributed by atoms with E-state index in [0.717, 1.165) is 16.7 Å². The first-order valence-electron chi connectivity index (χ1n) is 15.2. The number of hydrogen-bond acceptors (Lipinski definition) is 5. The molecule has 0 heterocycles. The highest BCUT2D eigenvalue weighted by atomic mass is 16.5. The van der Waals surface area contributed by atoms with Gasteiger partial charge in [0.2, 0.25) is 0 Å². The molecule has 0 aromatic heterocycles. The van der Waals surface area contributed by atoms with Crippen LogP contribution in [0.25, 0.3) is 0 Å². The van der Waals surface area contributed by atoms with Crippen LogP contribution in [0, 0.1) is 0 Å². The second-order valence-electron chi connectivity index (χ2n) is 10.9. The van der Waals surface area contributed by atoms with Crippen molar-refractivity contribution in [3.8, 4) is 5.75 Å². The number of amides is 2. The molecule has 0 aliphatic heterocycles. The second kappa shape index (κ2) is 16.4. The topological polar surface area (TPSA) is 93.7 Å². The zero-order valence-corrected chi connectivity index (χ0v) is 25.4. The summed E-state index contributed by atoms with van der Waals surface area (Å²) in [7, 11) is 0. The molecule has 0 spiro atoms. The van der Waals surface area contributed by atoms with Gasteiger partial charge in [-0.3, -0.25) is 9.59 Å². The molecule has 0 fully saturated rings. The fourth-order valence-electron chi connectivity index (χ4n) is 4.91. The summed E-state index contributed by atoms with van der Waals surface area (Å²) in [5, 5.41) is 5.86. The highest BCUT2D eigenvalue weighted by Crippen LogP contribution is 2.16. The molecule has 0 aliphatic carbocycles. The predicted molar refractivity (Wildman–Crippen MR) is 177 cm³/mol. The third-order valence-corrected chi connectivity index (χ3v) is 7.36. The molecule has 46 heavy (non-hydrogen) atoms. The molecular weight excluding hydrogens is 576 g/mol. The lowest BCUT2D eigenvalue weighted by Crippen LogP contribution is -2.46. The summed E-state index contributed by atoms with van der Waals surface area (Å²) < 4.78 is 11.7. The van der Waals surface area contributed by atoms with Crippen molar-refractivity contribution in [3.05, 3.63) is 173 Å². The molecule has 5 aromatic carbocycles. The second-order valence-corrected chi connectivity index (χ2v) is 10.9. The monoisotopic (exact) mass is 612 g/mol. The van der Waals surface area contributed by atoms with E-state index in [9.17, 15) is 14.4 Å². The summed E-state index contributed by atoms with van der Waals surface area (Å²) in [6.45, 7) is 0.365. The van der Waals surface area contributed by atoms with Crippen LogP contribution < -0.4 is 15.4 Å². The van der Waals surface area contributed by atoms with Gasteiger partial charge in [-0.1, -0.05) is 109 Å². The van der Waals surface area contributed by atoms with Gasteiger partial charge in [-0.25, -0.2) is 4.79 Å². The zero-order valence-electron chi connectivity index (χ0n) is 25.4. The van der Waals surface area contributed by atoms with E-state index in [4.69, 9.17) is 9.47 Å². The van der Waals surface area contributed by atoms with Crippen LogP contribution in [0.2, 0.25) is 0 Å². The summed E-state index contributed by atoms with van der Waals surface area (Å²) in [5.41, 5.74) is 3.81. The average Bonchev–Trinajstić information content (AvgIpc) is 3.11. The van der Waals surface area contributed by atoms with E-state index in [0.29, 0.717) is 29.9 Å². The van der Waals surface area contributed by atoms with Crippen LogP contribution in [-0.2, 0) is 29.0 Å². The molecule has 7 nitrogen and oxygen atoms in total. The van der Waals surface area contributed by atoms with Crippen LogP contribution in [0.1, 0.15) is 37.4 Å². The summed E-state index contributed by atoms with van der Waals surface area (Å²) in [6.07, 6.45) is 0.661. The number of esters is 1. The Labute approximate surface area is 269 Å². The average molecular weight is 613 g/mol. The molecule has 0 saturated carbocycles. The lowest BCUT2D eigenvalue weighted by Gasteiger charge is -2.22. The lowest BCUT2D eigenvalue weighted by atomic mass is 10.0. The summed E-state index contributed by atoms with van der Waals surface area (Å²) in [4.78, 5) is 39.7. The Morgan fingerprint density at radius 3 is 1.57 bits per heavy atom. The SMILES string of the molecule is O=C(N[C@@H](COC(=O)[C@@H](Cc1ccc(OCc2ccccc2)cc1)NC(=O)c1ccccc1)Cc1ccccc1)c1ccccc1. The van der Waals surface area contributed by atoms with Crippen LogP contribution in [-0.4, -0.2) is 36.5 Å². The van der Waals surface area contributed by atoms with Crippen LogP contribution in [0.15, 0.2) is 146 Å². The Bertz CT molecular complexity index is 1680. The molecule has 0 bridgehead atoms. The highest BCUT2D eigenvalue weighted by Gasteiger charge is 2.25. The minimum Gasteiger partial charge on any atom is -0.489 e. The molecular formula is C39H36N2O5. The van der Waals surface area contributed by atoms with Crippen molar-refractivity contribution in [2.24, 2.45) is 0 Å². The van der Waals surface area contributed by atoms with Gasteiger partial charge in [-0.15, -0.1) is 0 Å². The molecule has 7 heteroatoms. The number of rotatable bonds is 14. The van der Waals surface area contributed by atoms with Gasteiger partial charge in [-0.2, -0.15) is 0 Å². The molecule has 0 unspecified atom stereocenters. The lowest BCUT2D eigenvalue weighted by molar-refractivity contribution is -0.146. The van der Waals surface area contributed by atoms with Crippen molar-refractivity contribution in [1.29, 1.82) is 0 Å². The first-order chi connectivity index (χ1) is 22.5. The number of benzene rings is 5. The first kappa shape index (κ1) is 31.7. The molecule has 0 saturated heterocycles. The van der Waals surface area contributed by atoms with Gasteiger partial charge in [0.25, 0.3) is 11.8 Å². The fraction of sp³-hybridized carbons (Fsp3) is 0.154. The minimum absolute atomic E-state index is 0.0731. The summed E-state index contributed by atoms with van der Waals surface area (Å²) in [5.74, 6) is -0.552. The van der Waals surface area contributed by atoms with E-state index < -0.39 is 18.1 Å². The maximum Gasteiger partial charge on any atom is 0.329 e. The quantitative estimate of drug-likeness (QED) is 0.146. The van der Waals surface area contributed by atoms with Gasteiger partial charge in [0.05, 0.1) is 6.04 Å². The molecule has 232 valence electrons. The molecule has 0 aliphatic rings. The minimum atomic E-state index is -0.967. The Hall–Kier alpha value is -5.69. The molecule has 5 aromatic rings. The maximum atomic E-state index is 13.6. The van der Waals surface area contributed by atoms with Gasteiger partial charge < -0.3 is 20.1 Å². The Morgan fingerprint density at radius 1 is 0.522 bits per heavy atom. The Balaban J connectivity index is 1.27. The van der Waals surface area contributed by atoms with Crippen molar-refractivity contribution in [2.75, 3.05) is 6.61 Å². The Kier molecular flexibility index (Phi) is 11.3. The molecule has 5 rings (SSSR count). The predicted octanol–water partition coefficient (Wildman–Crippen LogP) is 6.19. The first-order valence-corrected chi connectivity index (χ1v) is 15.2. The van der Waals surface area contributed by atoms with Gasteiger partial charge in [0.1, 0.15) is 25.0 Å². The normalized spacial score (nSPS) is 11.9. The number of hydrogen-bond donors (Lipinski definition) is 2. The van der Waals surface area contributed by atoms with Crippen molar-refractivity contribution in [1.82, 2.24) is 10.6 Å². The largest absolute Gasteiger partial charge is 0.489 e. The molecule has 2 atom stereocenters. The summed E-state index contributed by atoms with van der Waals surface area (Å²) in [6, 6.07) is 43.1. The fourth-order valence-corrected chi connectivity index (χ4v) is 4.91. The van der Waals surface area contributed by atoms with E-state index in [-0.39, 0.29) is 24.8 Å². The van der Waals surface area contributed by atoms with Crippen molar-refractivity contribution in [3.63, 3.8) is 0 Å². The van der Waals surface area contributed by atoms with Gasteiger partial charge in [-0.05, 0) is 59.5 Å². The summed E-state index contributed by atoms with van der Waals surface area (Å²) >= 11 is 0. The molecule has 0 radical (unpaired) electrons. The number of ether oxygens (including phenoxy) is 2. The van der Waals surface area contributed by atoms with Crippen LogP contribution >= 0.6 is 0 Å². The van der Waals surface area contributed by atoms with Gasteiger partial charge >= 0.3 is 5.97 Å². The van der Waals surface area contributed by atoms with Crippen molar-refractivity contribution < 1.29 is 23.9 Å². The Morgan fingerprint density at radius 2 is 1.00 bits per heavy atom. The smallest absolute Gasteiger partial charge is 0.329 e. The van der Waals surface area contributed by atoms with E-state index in [1.807, 2.05) is 97.1 Å². The van der Waals surface area contributed by atoms with Crippen LogP contribution in [0.5, 0.6) is 5.75 Å². The zero-order chi connectivity index (χ0) is 32.0. The maximum absolute atomic E-state index is 13.6. The third kappa shape index (κ3) is 9.66. The van der Waals surface area contributed by atoms with E-state index in [1.54, 1.807) is 48.5 Å². The van der Waals surface area contributed by atoms with E-state index in [2.05, 4.69) is 10.6 Å². The van der Waals surface area contributed by atoms with Gasteiger partial charge in [0, 0.05) is 17.5 Å². The van der Waals surface area contributed by atoms with Crippen LogP contribution in [0.3, 0.4) is 0 Å². The van der Waals surface area contributed by atoms with E-state index in [1.165, 1.54) is 0 Å².